The maximum atomic E-state index is 12.8. The largest absolute Gasteiger partial charge is 0.462 e. The number of unbranched alkanes of at least 4 members (excludes halogenated alkanes) is 28. The van der Waals surface area contributed by atoms with Crippen molar-refractivity contribution in [3.8, 4) is 0 Å². The van der Waals surface area contributed by atoms with Gasteiger partial charge in [0.25, 0.3) is 0 Å². The van der Waals surface area contributed by atoms with Crippen LogP contribution in [-0.4, -0.2) is 37.2 Å². The van der Waals surface area contributed by atoms with Gasteiger partial charge in [-0.15, -0.1) is 0 Å². The van der Waals surface area contributed by atoms with Gasteiger partial charge in [0, 0.05) is 19.3 Å². The number of carbonyl (C=O) groups excluding carboxylic acids is 3. The first-order valence-electron chi connectivity index (χ1n) is 27.3. The fourth-order valence-corrected chi connectivity index (χ4v) is 7.66. The van der Waals surface area contributed by atoms with Crippen molar-refractivity contribution in [1.82, 2.24) is 0 Å². The predicted octanol–water partition coefficient (Wildman–Crippen LogP) is 18.0. The van der Waals surface area contributed by atoms with Crippen LogP contribution in [0.4, 0.5) is 0 Å². The summed E-state index contributed by atoms with van der Waals surface area (Å²) in [6.45, 7) is 6.50. The Kier molecular flexibility index (Phi) is 50.4. The zero-order chi connectivity index (χ0) is 46.5. The van der Waals surface area contributed by atoms with Gasteiger partial charge >= 0.3 is 17.9 Å². The van der Waals surface area contributed by atoms with Crippen molar-refractivity contribution in [2.45, 2.75) is 277 Å². The number of esters is 3. The lowest BCUT2D eigenvalue weighted by Gasteiger charge is -2.18. The highest BCUT2D eigenvalue weighted by Crippen LogP contribution is 2.16. The van der Waals surface area contributed by atoms with E-state index in [0.29, 0.717) is 19.3 Å². The lowest BCUT2D eigenvalue weighted by molar-refractivity contribution is -0.167. The molecule has 0 aromatic rings. The van der Waals surface area contributed by atoms with Gasteiger partial charge in [0.15, 0.2) is 6.10 Å². The molecule has 0 fully saturated rings. The summed E-state index contributed by atoms with van der Waals surface area (Å²) in [5.41, 5.74) is 0. The van der Waals surface area contributed by atoms with Crippen molar-refractivity contribution in [3.63, 3.8) is 0 Å². The quantitative estimate of drug-likeness (QED) is 0.0262. The third-order valence-corrected chi connectivity index (χ3v) is 11.8. The highest BCUT2D eigenvalue weighted by Gasteiger charge is 2.19. The summed E-state index contributed by atoms with van der Waals surface area (Å²) in [6.07, 6.45) is 64.9. The molecule has 6 heteroatoms. The predicted molar refractivity (Wildman–Crippen MR) is 275 cm³/mol. The molecule has 0 N–H and O–H groups in total. The second-order valence-electron chi connectivity index (χ2n) is 18.1. The van der Waals surface area contributed by atoms with Crippen LogP contribution < -0.4 is 0 Å². The van der Waals surface area contributed by atoms with Crippen LogP contribution in [0, 0.1) is 0 Å². The van der Waals surface area contributed by atoms with Gasteiger partial charge in [-0.25, -0.2) is 0 Å². The lowest BCUT2D eigenvalue weighted by atomic mass is 10.0. The van der Waals surface area contributed by atoms with Crippen molar-refractivity contribution in [2.75, 3.05) is 13.2 Å². The first kappa shape index (κ1) is 61.1. The van der Waals surface area contributed by atoms with E-state index < -0.39 is 6.10 Å². The van der Waals surface area contributed by atoms with Crippen LogP contribution in [0.1, 0.15) is 271 Å². The van der Waals surface area contributed by atoms with Crippen LogP contribution >= 0.6 is 0 Å². The molecule has 64 heavy (non-hydrogen) atoms. The highest BCUT2D eigenvalue weighted by molar-refractivity contribution is 5.71. The van der Waals surface area contributed by atoms with Crippen molar-refractivity contribution in [3.05, 3.63) is 60.8 Å². The Morgan fingerprint density at radius 2 is 0.609 bits per heavy atom. The summed E-state index contributed by atoms with van der Waals surface area (Å²) < 4.78 is 16.8. The Hall–Kier alpha value is -2.89. The van der Waals surface area contributed by atoms with E-state index in [2.05, 4.69) is 81.5 Å². The number of hydrogen-bond acceptors (Lipinski definition) is 6. The van der Waals surface area contributed by atoms with E-state index in [1.54, 1.807) is 0 Å². The zero-order valence-corrected chi connectivity index (χ0v) is 42.3. The molecule has 0 heterocycles. The second kappa shape index (κ2) is 52.7. The van der Waals surface area contributed by atoms with Crippen molar-refractivity contribution < 1.29 is 28.6 Å². The normalized spacial score (nSPS) is 12.5. The van der Waals surface area contributed by atoms with E-state index in [9.17, 15) is 14.4 Å². The fraction of sp³-hybridized carbons (Fsp3) is 0.776. The molecule has 0 aliphatic rings. The van der Waals surface area contributed by atoms with E-state index in [1.807, 2.05) is 0 Å². The molecule has 370 valence electrons. The fourth-order valence-electron chi connectivity index (χ4n) is 7.66. The highest BCUT2D eigenvalue weighted by atomic mass is 16.6. The molecular formula is C58H102O6. The van der Waals surface area contributed by atoms with Gasteiger partial charge in [0.1, 0.15) is 13.2 Å². The summed E-state index contributed by atoms with van der Waals surface area (Å²) >= 11 is 0. The SMILES string of the molecule is CC/C=C/C/C=C/C/C=C/CCCCCCCC(=O)O[C@H](COC(=O)CCCCCCC/C=C/C/C=C/CCCCC)COC(=O)CCCCCCCCCCCCCCCCCC. The minimum atomic E-state index is -0.787. The Morgan fingerprint density at radius 1 is 0.328 bits per heavy atom. The first-order chi connectivity index (χ1) is 31.5. The maximum absolute atomic E-state index is 12.8. The van der Waals surface area contributed by atoms with Gasteiger partial charge in [-0.1, -0.05) is 229 Å². The summed E-state index contributed by atoms with van der Waals surface area (Å²) in [4.78, 5) is 38.1. The van der Waals surface area contributed by atoms with Gasteiger partial charge in [0.05, 0.1) is 0 Å². The van der Waals surface area contributed by atoms with Gasteiger partial charge in [-0.05, 0) is 83.5 Å². The topological polar surface area (TPSA) is 78.9 Å². The third kappa shape index (κ3) is 50.1. The van der Waals surface area contributed by atoms with E-state index >= 15 is 0 Å². The van der Waals surface area contributed by atoms with E-state index in [0.717, 1.165) is 116 Å². The molecule has 0 aliphatic heterocycles. The third-order valence-electron chi connectivity index (χ3n) is 11.8. The van der Waals surface area contributed by atoms with Crippen LogP contribution in [-0.2, 0) is 28.6 Å². The lowest BCUT2D eigenvalue weighted by Crippen LogP contribution is -2.30. The van der Waals surface area contributed by atoms with Gasteiger partial charge in [-0.2, -0.15) is 0 Å². The average Bonchev–Trinajstić information content (AvgIpc) is 3.29. The Morgan fingerprint density at radius 3 is 0.984 bits per heavy atom. The maximum Gasteiger partial charge on any atom is 0.306 e. The van der Waals surface area contributed by atoms with Crippen LogP contribution in [0.5, 0.6) is 0 Å². The van der Waals surface area contributed by atoms with E-state index in [1.165, 1.54) is 116 Å². The molecule has 6 nitrogen and oxygen atoms in total. The molecule has 0 aromatic carbocycles. The molecule has 0 radical (unpaired) electrons. The van der Waals surface area contributed by atoms with Gasteiger partial charge in [-0.3, -0.25) is 14.4 Å². The molecule has 0 unspecified atom stereocenters. The number of ether oxygens (including phenoxy) is 3. The molecule has 0 bridgehead atoms. The molecule has 0 aromatic heterocycles. The standard InChI is InChI=1S/C58H102O6/c1-4-7-10-13-16-19-22-25-28-31-33-36-39-42-45-48-51-57(60)63-54-55(64-58(61)52-49-46-43-40-37-34-30-27-24-21-18-15-12-9-6-3)53-62-56(59)50-47-44-41-38-35-32-29-26-23-20-17-14-11-8-5-2/h9,12,17-18,20-21,26-27,29-30,55H,4-8,10-11,13-16,19,22-25,28,31-54H2,1-3H3/b12-9+,20-17+,21-18+,29-26+,30-27+/t55-/m1/s1. The smallest absolute Gasteiger partial charge is 0.306 e. The second-order valence-corrected chi connectivity index (χ2v) is 18.1. The van der Waals surface area contributed by atoms with Crippen LogP contribution in [0.25, 0.3) is 0 Å². The molecule has 0 saturated carbocycles. The zero-order valence-electron chi connectivity index (χ0n) is 42.3. The van der Waals surface area contributed by atoms with Crippen molar-refractivity contribution in [2.24, 2.45) is 0 Å². The number of carbonyl (C=O) groups is 3. The summed E-state index contributed by atoms with van der Waals surface area (Å²) in [6, 6.07) is 0. The van der Waals surface area contributed by atoms with Crippen molar-refractivity contribution >= 4 is 17.9 Å². The minimum absolute atomic E-state index is 0.0837. The molecule has 0 rings (SSSR count). The van der Waals surface area contributed by atoms with Crippen LogP contribution in [0.3, 0.4) is 0 Å². The average molecular weight is 895 g/mol. The molecular weight excluding hydrogens is 793 g/mol. The van der Waals surface area contributed by atoms with E-state index in [-0.39, 0.29) is 31.1 Å². The Bertz CT molecular complexity index is 1170. The number of hydrogen-bond donors (Lipinski definition) is 0. The summed E-state index contributed by atoms with van der Waals surface area (Å²) in [5, 5.41) is 0. The molecule has 0 spiro atoms. The summed E-state index contributed by atoms with van der Waals surface area (Å²) in [7, 11) is 0. The molecule has 0 aliphatic carbocycles. The molecule has 0 saturated heterocycles. The number of allylic oxidation sites excluding steroid dienone is 10. The summed E-state index contributed by atoms with van der Waals surface area (Å²) in [5.74, 6) is -0.906. The Balaban J connectivity index is 4.41. The van der Waals surface area contributed by atoms with Crippen LogP contribution in [0.2, 0.25) is 0 Å². The minimum Gasteiger partial charge on any atom is -0.462 e. The van der Waals surface area contributed by atoms with Crippen molar-refractivity contribution in [1.29, 1.82) is 0 Å². The Labute approximate surface area is 396 Å². The van der Waals surface area contributed by atoms with Gasteiger partial charge < -0.3 is 14.2 Å². The van der Waals surface area contributed by atoms with E-state index in [4.69, 9.17) is 14.2 Å². The monoisotopic (exact) mass is 895 g/mol. The molecule has 0 amide bonds. The molecule has 1 atom stereocenters. The number of rotatable bonds is 49. The van der Waals surface area contributed by atoms with Crippen LogP contribution in [0.15, 0.2) is 60.8 Å². The van der Waals surface area contributed by atoms with Gasteiger partial charge in [0.2, 0.25) is 0 Å². The first-order valence-corrected chi connectivity index (χ1v) is 27.3.